The van der Waals surface area contributed by atoms with Gasteiger partial charge in [0.2, 0.25) is 10.0 Å². The molecule has 0 unspecified atom stereocenters. The largest absolute Gasteiger partial charge is 0.372 e. The normalized spacial score (nSPS) is 18.7. The molecule has 6 heteroatoms. The topological polar surface area (TPSA) is 62.3 Å². The van der Waals surface area contributed by atoms with Gasteiger partial charge < -0.3 is 5.32 Å². The Bertz CT molecular complexity index is 585. The third-order valence-electron chi connectivity index (χ3n) is 4.30. The Kier molecular flexibility index (Phi) is 4.58. The SMILES string of the molecule is CNc1ncccc1S(=O)(=O)N1CCC(C(C)(C)C)CC1. The van der Waals surface area contributed by atoms with E-state index in [0.29, 0.717) is 24.8 Å². The van der Waals surface area contributed by atoms with Gasteiger partial charge >= 0.3 is 0 Å². The van der Waals surface area contributed by atoms with Crippen LogP contribution >= 0.6 is 0 Å². The first-order valence-corrected chi connectivity index (χ1v) is 8.83. The van der Waals surface area contributed by atoms with Crippen molar-refractivity contribution in [2.24, 2.45) is 11.3 Å². The van der Waals surface area contributed by atoms with Crippen LogP contribution in [0.25, 0.3) is 0 Å². The second-order valence-corrected chi connectivity index (χ2v) is 8.55. The fourth-order valence-corrected chi connectivity index (χ4v) is 4.51. The molecule has 2 rings (SSSR count). The fraction of sp³-hybridized carbons (Fsp3) is 0.667. The molecule has 1 aliphatic heterocycles. The number of hydrogen-bond donors (Lipinski definition) is 1. The highest BCUT2D eigenvalue weighted by molar-refractivity contribution is 7.89. The van der Waals surface area contributed by atoms with Crippen molar-refractivity contribution in [3.8, 4) is 0 Å². The Morgan fingerprint density at radius 1 is 1.29 bits per heavy atom. The van der Waals surface area contributed by atoms with E-state index in [9.17, 15) is 8.42 Å². The fourth-order valence-electron chi connectivity index (χ4n) is 2.89. The summed E-state index contributed by atoms with van der Waals surface area (Å²) in [6, 6.07) is 3.28. The maximum absolute atomic E-state index is 12.8. The van der Waals surface area contributed by atoms with Crippen molar-refractivity contribution in [2.75, 3.05) is 25.5 Å². The first-order chi connectivity index (χ1) is 9.76. The van der Waals surface area contributed by atoms with Crippen molar-refractivity contribution in [3.05, 3.63) is 18.3 Å². The van der Waals surface area contributed by atoms with Crippen LogP contribution in [0.1, 0.15) is 33.6 Å². The predicted molar refractivity (Wildman–Crippen MR) is 84.7 cm³/mol. The standard InChI is InChI=1S/C15H25N3O2S/c1-15(2,3)12-7-10-18(11-8-12)21(19,20)13-6-5-9-17-14(13)16-4/h5-6,9,12H,7-8,10-11H2,1-4H3,(H,16,17). The van der Waals surface area contributed by atoms with Crippen LogP contribution in [0.15, 0.2) is 23.2 Å². The van der Waals surface area contributed by atoms with E-state index in [1.165, 1.54) is 0 Å². The zero-order chi connectivity index (χ0) is 15.7. The highest BCUT2D eigenvalue weighted by Gasteiger charge is 2.34. The lowest BCUT2D eigenvalue weighted by molar-refractivity contribution is 0.154. The van der Waals surface area contributed by atoms with Gasteiger partial charge in [0.25, 0.3) is 0 Å². The van der Waals surface area contributed by atoms with E-state index in [1.54, 1.807) is 29.7 Å². The third-order valence-corrected chi connectivity index (χ3v) is 6.23. The average Bonchev–Trinajstić information content (AvgIpc) is 2.46. The number of piperidine rings is 1. The van der Waals surface area contributed by atoms with Crippen LogP contribution in [0, 0.1) is 11.3 Å². The first-order valence-electron chi connectivity index (χ1n) is 7.39. The summed E-state index contributed by atoms with van der Waals surface area (Å²) in [4.78, 5) is 4.36. The number of hydrogen-bond acceptors (Lipinski definition) is 4. The molecule has 21 heavy (non-hydrogen) atoms. The number of nitrogens with one attached hydrogen (secondary N) is 1. The Balaban J connectivity index is 2.19. The molecule has 1 aliphatic rings. The summed E-state index contributed by atoms with van der Waals surface area (Å²) in [6.45, 7) is 7.84. The smallest absolute Gasteiger partial charge is 0.246 e. The van der Waals surface area contributed by atoms with Crippen LogP contribution in [0.3, 0.4) is 0 Å². The van der Waals surface area contributed by atoms with Gasteiger partial charge in [-0.25, -0.2) is 13.4 Å². The Hall–Kier alpha value is -1.14. The molecule has 0 bridgehead atoms. The molecule has 2 heterocycles. The van der Waals surface area contributed by atoms with Gasteiger partial charge in [-0.15, -0.1) is 0 Å². The molecule has 1 N–H and O–H groups in total. The molecule has 1 aromatic rings. The van der Waals surface area contributed by atoms with Crippen molar-refractivity contribution in [3.63, 3.8) is 0 Å². The molecule has 0 aromatic carbocycles. The molecule has 0 atom stereocenters. The summed E-state index contributed by atoms with van der Waals surface area (Å²) in [6.07, 6.45) is 3.42. The summed E-state index contributed by atoms with van der Waals surface area (Å²) >= 11 is 0. The second-order valence-electron chi connectivity index (χ2n) is 6.64. The zero-order valence-electron chi connectivity index (χ0n) is 13.3. The molecule has 0 spiro atoms. The van der Waals surface area contributed by atoms with Crippen LogP contribution in [0.4, 0.5) is 5.82 Å². The van der Waals surface area contributed by atoms with Crippen molar-refractivity contribution in [1.82, 2.24) is 9.29 Å². The number of anilines is 1. The number of sulfonamides is 1. The summed E-state index contributed by atoms with van der Waals surface area (Å²) in [5, 5.41) is 2.86. The van der Waals surface area contributed by atoms with Crippen LogP contribution < -0.4 is 5.32 Å². The van der Waals surface area contributed by atoms with Crippen LogP contribution in [0.5, 0.6) is 0 Å². The molecule has 1 fully saturated rings. The molecule has 1 saturated heterocycles. The maximum atomic E-state index is 12.8. The molecule has 0 radical (unpaired) electrons. The van der Waals surface area contributed by atoms with Gasteiger partial charge in [0.05, 0.1) is 0 Å². The molecule has 118 valence electrons. The van der Waals surface area contributed by atoms with Crippen LogP contribution in [-0.4, -0.2) is 37.8 Å². The van der Waals surface area contributed by atoms with E-state index >= 15 is 0 Å². The Labute approximate surface area is 127 Å². The van der Waals surface area contributed by atoms with E-state index in [2.05, 4.69) is 31.1 Å². The highest BCUT2D eigenvalue weighted by Crippen LogP contribution is 2.36. The summed E-state index contributed by atoms with van der Waals surface area (Å²) < 4.78 is 27.1. The summed E-state index contributed by atoms with van der Waals surface area (Å²) in [5.41, 5.74) is 0.236. The van der Waals surface area contributed by atoms with Gasteiger partial charge in [-0.1, -0.05) is 20.8 Å². The van der Waals surface area contributed by atoms with Crippen molar-refractivity contribution >= 4 is 15.8 Å². The van der Waals surface area contributed by atoms with E-state index in [4.69, 9.17) is 0 Å². The minimum atomic E-state index is -3.47. The molecule has 0 aliphatic carbocycles. The zero-order valence-corrected chi connectivity index (χ0v) is 14.1. The molecule has 5 nitrogen and oxygen atoms in total. The van der Waals surface area contributed by atoms with Gasteiger partial charge in [-0.3, -0.25) is 0 Å². The second kappa shape index (κ2) is 5.93. The molecular weight excluding hydrogens is 286 g/mol. The lowest BCUT2D eigenvalue weighted by Gasteiger charge is -2.38. The van der Waals surface area contributed by atoms with E-state index in [-0.39, 0.29) is 10.3 Å². The lowest BCUT2D eigenvalue weighted by Crippen LogP contribution is -2.41. The monoisotopic (exact) mass is 311 g/mol. The van der Waals surface area contributed by atoms with Gasteiger partial charge in [-0.2, -0.15) is 4.31 Å². The summed E-state index contributed by atoms with van der Waals surface area (Å²) in [5.74, 6) is 0.983. The van der Waals surface area contributed by atoms with E-state index in [1.807, 2.05) is 0 Å². The van der Waals surface area contributed by atoms with E-state index in [0.717, 1.165) is 12.8 Å². The van der Waals surface area contributed by atoms with Crippen LogP contribution in [0.2, 0.25) is 0 Å². The van der Waals surface area contributed by atoms with Crippen molar-refractivity contribution < 1.29 is 8.42 Å². The first kappa shape index (κ1) is 16.2. The summed E-state index contributed by atoms with van der Waals surface area (Å²) in [7, 11) is -1.78. The minimum Gasteiger partial charge on any atom is -0.372 e. The maximum Gasteiger partial charge on any atom is 0.246 e. The molecule has 0 amide bonds. The molecule has 0 saturated carbocycles. The molecular formula is C15H25N3O2S. The third kappa shape index (κ3) is 3.37. The Morgan fingerprint density at radius 3 is 2.43 bits per heavy atom. The van der Waals surface area contributed by atoms with Crippen LogP contribution in [-0.2, 0) is 10.0 Å². The van der Waals surface area contributed by atoms with Gasteiger partial charge in [0, 0.05) is 26.3 Å². The van der Waals surface area contributed by atoms with Gasteiger partial charge in [-0.05, 0) is 36.3 Å². The van der Waals surface area contributed by atoms with Gasteiger partial charge in [0.1, 0.15) is 10.7 Å². The average molecular weight is 311 g/mol. The molecule has 1 aromatic heterocycles. The lowest BCUT2D eigenvalue weighted by atomic mass is 9.76. The van der Waals surface area contributed by atoms with Crippen molar-refractivity contribution in [1.29, 1.82) is 0 Å². The quantitative estimate of drug-likeness (QED) is 0.932. The number of rotatable bonds is 3. The highest BCUT2D eigenvalue weighted by atomic mass is 32.2. The number of aromatic nitrogens is 1. The minimum absolute atomic E-state index is 0.236. The number of pyridine rings is 1. The number of nitrogens with zero attached hydrogens (tertiary/aromatic N) is 2. The predicted octanol–water partition coefficient (Wildman–Crippen LogP) is 2.57. The van der Waals surface area contributed by atoms with E-state index < -0.39 is 10.0 Å². The van der Waals surface area contributed by atoms with Crippen molar-refractivity contribution in [2.45, 2.75) is 38.5 Å². The van der Waals surface area contributed by atoms with Gasteiger partial charge in [0.15, 0.2) is 0 Å². The Morgan fingerprint density at radius 2 is 1.90 bits per heavy atom.